The predicted molar refractivity (Wildman–Crippen MR) is 131 cm³/mol. The summed E-state index contributed by atoms with van der Waals surface area (Å²) in [7, 11) is 0. The summed E-state index contributed by atoms with van der Waals surface area (Å²) in [5.41, 5.74) is 2.93. The second kappa shape index (κ2) is 9.28. The second-order valence-corrected chi connectivity index (χ2v) is 11.6. The number of aliphatic hydroxyl groups excluding tert-OH is 3. The van der Waals surface area contributed by atoms with Gasteiger partial charge in [-0.25, -0.2) is 0 Å². The number of ketones is 1. The maximum atomic E-state index is 11.9. The molecule has 0 aliphatic heterocycles. The van der Waals surface area contributed by atoms with Gasteiger partial charge < -0.3 is 15.3 Å². The molecule has 0 saturated heterocycles. The molecule has 0 heterocycles. The minimum atomic E-state index is -0.662. The number of hydrogen-bond donors (Lipinski definition) is 3. The molecule has 0 aromatic heterocycles. The molecule has 4 aliphatic carbocycles. The van der Waals surface area contributed by atoms with Gasteiger partial charge in [0.05, 0.1) is 23.7 Å². The normalized spacial score (nSPS) is 40.2. The van der Waals surface area contributed by atoms with E-state index >= 15 is 0 Å². The molecule has 4 heteroatoms. The number of rotatable bonds is 6. The van der Waals surface area contributed by atoms with E-state index in [2.05, 4.69) is 38.7 Å². The van der Waals surface area contributed by atoms with E-state index in [0.29, 0.717) is 30.6 Å². The van der Waals surface area contributed by atoms with Crippen LogP contribution in [0, 0.1) is 28.6 Å². The first-order valence-corrected chi connectivity index (χ1v) is 12.9. The molecule has 0 aromatic carbocycles. The summed E-state index contributed by atoms with van der Waals surface area (Å²) in [5.74, 6) is 1.58. The Morgan fingerprint density at radius 1 is 1.15 bits per heavy atom. The number of hydrogen-bond acceptors (Lipinski definition) is 4. The van der Waals surface area contributed by atoms with E-state index in [1.54, 1.807) is 6.92 Å². The molecular formula is C29H42O4. The van der Waals surface area contributed by atoms with Gasteiger partial charge in [0, 0.05) is 6.42 Å². The lowest BCUT2D eigenvalue weighted by Gasteiger charge is -2.44. The van der Waals surface area contributed by atoms with Gasteiger partial charge in [-0.3, -0.25) is 4.79 Å². The van der Waals surface area contributed by atoms with Crippen LogP contribution in [0.4, 0.5) is 0 Å². The van der Waals surface area contributed by atoms with Crippen LogP contribution < -0.4 is 0 Å². The van der Waals surface area contributed by atoms with Crippen molar-refractivity contribution in [3.05, 3.63) is 47.6 Å². The monoisotopic (exact) mass is 454 g/mol. The molecule has 0 bridgehead atoms. The number of carbonyl (C=O) groups is 1. The van der Waals surface area contributed by atoms with Crippen LogP contribution in [0.1, 0.15) is 78.6 Å². The van der Waals surface area contributed by atoms with Crippen LogP contribution in [0.3, 0.4) is 0 Å². The molecule has 0 aromatic rings. The van der Waals surface area contributed by atoms with E-state index in [1.807, 2.05) is 6.08 Å². The Morgan fingerprint density at radius 2 is 1.88 bits per heavy atom. The summed E-state index contributed by atoms with van der Waals surface area (Å²) in [5, 5.41) is 30.8. The average molecular weight is 455 g/mol. The number of Topliss-reactive ketones (excluding diaryl/α,β-unsaturated/α-hetero) is 1. The molecule has 4 saturated carbocycles. The van der Waals surface area contributed by atoms with Gasteiger partial charge in [-0.1, -0.05) is 50.3 Å². The highest BCUT2D eigenvalue weighted by Crippen LogP contribution is 2.59. The fourth-order valence-electron chi connectivity index (χ4n) is 7.20. The molecule has 4 rings (SSSR count). The van der Waals surface area contributed by atoms with Crippen molar-refractivity contribution >= 4 is 5.78 Å². The molecule has 4 aliphatic rings. The van der Waals surface area contributed by atoms with Crippen LogP contribution in [-0.2, 0) is 4.79 Å². The molecular weight excluding hydrogens is 412 g/mol. The zero-order valence-corrected chi connectivity index (χ0v) is 20.6. The fraction of sp³-hybridized carbons (Fsp3) is 0.690. The molecule has 33 heavy (non-hydrogen) atoms. The number of fused-ring (bicyclic) bond motifs is 1. The van der Waals surface area contributed by atoms with E-state index in [4.69, 9.17) is 0 Å². The first-order chi connectivity index (χ1) is 15.6. The van der Waals surface area contributed by atoms with Gasteiger partial charge in [-0.2, -0.15) is 0 Å². The first-order valence-electron chi connectivity index (χ1n) is 12.9. The summed E-state index contributed by atoms with van der Waals surface area (Å²) >= 11 is 0. The molecule has 4 fully saturated rings. The summed E-state index contributed by atoms with van der Waals surface area (Å²) in [4.78, 5) is 11.9. The maximum Gasteiger partial charge on any atom is 0.138 e. The highest BCUT2D eigenvalue weighted by molar-refractivity contribution is 5.86. The lowest BCUT2D eigenvalue weighted by atomic mass is 9.61. The predicted octanol–water partition coefficient (Wildman–Crippen LogP) is 5.05. The minimum absolute atomic E-state index is 0.108. The second-order valence-electron chi connectivity index (χ2n) is 11.6. The van der Waals surface area contributed by atoms with Gasteiger partial charge in [0.1, 0.15) is 5.78 Å². The summed E-state index contributed by atoms with van der Waals surface area (Å²) in [6.07, 6.45) is 15.0. The van der Waals surface area contributed by atoms with Crippen LogP contribution >= 0.6 is 0 Å². The third-order valence-corrected chi connectivity index (χ3v) is 9.59. The maximum absolute atomic E-state index is 11.9. The van der Waals surface area contributed by atoms with Gasteiger partial charge in [0.2, 0.25) is 0 Å². The molecule has 182 valence electrons. The van der Waals surface area contributed by atoms with Crippen molar-refractivity contribution in [3.8, 4) is 0 Å². The highest BCUT2D eigenvalue weighted by Gasteiger charge is 2.53. The van der Waals surface area contributed by atoms with Gasteiger partial charge >= 0.3 is 0 Å². The summed E-state index contributed by atoms with van der Waals surface area (Å²) in [6.45, 7) is 10.4. The lowest BCUT2D eigenvalue weighted by molar-refractivity contribution is -0.124. The third-order valence-electron chi connectivity index (χ3n) is 9.59. The van der Waals surface area contributed by atoms with E-state index in [0.717, 1.165) is 30.4 Å². The number of carbonyl (C=O) groups excluding carboxylic acids is 1. The highest BCUT2D eigenvalue weighted by atomic mass is 16.3. The van der Waals surface area contributed by atoms with Crippen LogP contribution in [0.25, 0.3) is 0 Å². The van der Waals surface area contributed by atoms with Crippen molar-refractivity contribution in [1.29, 1.82) is 0 Å². The van der Waals surface area contributed by atoms with Crippen molar-refractivity contribution in [2.24, 2.45) is 28.6 Å². The molecule has 4 nitrogen and oxygen atoms in total. The smallest absolute Gasteiger partial charge is 0.138 e. The van der Waals surface area contributed by atoms with Crippen LogP contribution in [0.5, 0.6) is 0 Å². The van der Waals surface area contributed by atoms with Gasteiger partial charge in [-0.15, -0.1) is 0 Å². The fourth-order valence-corrected chi connectivity index (χ4v) is 7.20. The van der Waals surface area contributed by atoms with E-state index < -0.39 is 23.7 Å². The van der Waals surface area contributed by atoms with Gasteiger partial charge in [-0.05, 0) is 92.6 Å². The molecule has 0 unspecified atom stereocenters. The zero-order valence-electron chi connectivity index (χ0n) is 20.6. The first kappa shape index (κ1) is 24.6. The average Bonchev–Trinajstić information content (AvgIpc) is 3.50. The molecule has 0 spiro atoms. The summed E-state index contributed by atoms with van der Waals surface area (Å²) in [6, 6.07) is 0. The van der Waals surface area contributed by atoms with Crippen LogP contribution in [0.2, 0.25) is 0 Å². The van der Waals surface area contributed by atoms with Crippen molar-refractivity contribution in [2.45, 2.75) is 96.9 Å². The number of aliphatic hydroxyl groups is 3. The van der Waals surface area contributed by atoms with Crippen molar-refractivity contribution in [1.82, 2.24) is 0 Å². The Morgan fingerprint density at radius 3 is 2.55 bits per heavy atom. The van der Waals surface area contributed by atoms with Crippen molar-refractivity contribution in [2.75, 3.05) is 0 Å². The van der Waals surface area contributed by atoms with Crippen LogP contribution in [0.15, 0.2) is 47.6 Å². The quantitative estimate of drug-likeness (QED) is 0.491. The van der Waals surface area contributed by atoms with E-state index in [9.17, 15) is 20.1 Å². The molecule has 3 N–H and O–H groups in total. The summed E-state index contributed by atoms with van der Waals surface area (Å²) < 4.78 is 0. The lowest BCUT2D eigenvalue weighted by Crippen LogP contribution is -2.35. The Kier molecular flexibility index (Phi) is 6.93. The zero-order chi connectivity index (χ0) is 24.0. The van der Waals surface area contributed by atoms with E-state index in [1.165, 1.54) is 31.3 Å². The van der Waals surface area contributed by atoms with Crippen LogP contribution in [-0.4, -0.2) is 39.4 Å². The Bertz CT molecular complexity index is 876. The van der Waals surface area contributed by atoms with Crippen molar-refractivity contribution < 1.29 is 20.1 Å². The standard InChI is InChI=1S/C29H42O4/c1-18(7-12-27(33)29(14-15-29)20(3)30)24-10-11-25-21(6-5-13-28(24,25)4)8-9-22-16-23(31)17-26(32)19(22)2/h7-9,12,18,23-27,31-33H,2,5-6,10-11,13-17H2,1,3-4H3/b12-7+,21-8+,22-9-/t18-,23+,24+,25-,26-,27+,28+/m0/s1. The Labute approximate surface area is 199 Å². The van der Waals surface area contributed by atoms with Crippen molar-refractivity contribution in [3.63, 3.8) is 0 Å². The topological polar surface area (TPSA) is 77.8 Å². The third kappa shape index (κ3) is 4.59. The molecule has 7 atom stereocenters. The minimum Gasteiger partial charge on any atom is -0.393 e. The Balaban J connectivity index is 1.48. The Hall–Kier alpha value is -1.49. The number of allylic oxidation sites excluding steroid dienone is 4. The van der Waals surface area contributed by atoms with Gasteiger partial charge in [0.15, 0.2) is 0 Å². The largest absolute Gasteiger partial charge is 0.393 e. The molecule has 0 amide bonds. The SMILES string of the molecule is C=C1/C(=C\C=C2/CCC[C@]3(C)[C@@H]([C@@H](C)/C=C/[C@@H](O)C4(C(C)=O)CC4)CC[C@@H]23)C[C@@H](O)C[C@@H]1O. The van der Waals surface area contributed by atoms with Gasteiger partial charge in [0.25, 0.3) is 0 Å². The molecule has 0 radical (unpaired) electrons. The van der Waals surface area contributed by atoms with E-state index in [-0.39, 0.29) is 11.2 Å².